The molecule has 0 aliphatic heterocycles. The fourth-order valence-corrected chi connectivity index (χ4v) is 2.25. The number of hydrogen-bond acceptors (Lipinski definition) is 2. The molecular weight excluding hydrogens is 172 g/mol. The lowest BCUT2D eigenvalue weighted by Gasteiger charge is -2.10. The molecule has 1 aliphatic carbocycles. The van der Waals surface area contributed by atoms with E-state index in [1.807, 2.05) is 6.08 Å². The van der Waals surface area contributed by atoms with Gasteiger partial charge in [0, 0.05) is 0 Å². The minimum absolute atomic E-state index is 0.313. The number of sulfone groups is 1. The second-order valence-corrected chi connectivity index (χ2v) is 5.68. The van der Waals surface area contributed by atoms with Gasteiger partial charge in [-0.25, -0.2) is 8.42 Å². The second kappa shape index (κ2) is 3.44. The van der Waals surface area contributed by atoms with E-state index in [4.69, 9.17) is 0 Å². The first-order chi connectivity index (χ1) is 5.55. The number of rotatable bonds is 2. The first kappa shape index (κ1) is 9.52. The maximum atomic E-state index is 11.6. The predicted octanol–water partition coefficient (Wildman–Crippen LogP) is 2.04. The molecule has 3 heteroatoms. The Morgan fingerprint density at radius 2 is 2.00 bits per heavy atom. The van der Waals surface area contributed by atoms with Gasteiger partial charge in [-0.2, -0.15) is 0 Å². The monoisotopic (exact) mass is 186 g/mol. The van der Waals surface area contributed by atoms with Crippen molar-refractivity contribution in [3.05, 3.63) is 23.1 Å². The van der Waals surface area contributed by atoms with E-state index in [1.165, 1.54) is 0 Å². The zero-order chi connectivity index (χ0) is 9.19. The normalized spacial score (nSPS) is 18.1. The predicted molar refractivity (Wildman–Crippen MR) is 50.5 cm³/mol. The molecule has 0 spiro atoms. The van der Waals surface area contributed by atoms with Crippen molar-refractivity contribution < 1.29 is 8.42 Å². The Labute approximate surface area is 73.9 Å². The topological polar surface area (TPSA) is 34.1 Å². The van der Waals surface area contributed by atoms with Gasteiger partial charge in [-0.1, -0.05) is 12.2 Å². The molecule has 0 aromatic heterocycles. The van der Waals surface area contributed by atoms with Gasteiger partial charge in [-0.15, -0.1) is 0 Å². The van der Waals surface area contributed by atoms with Gasteiger partial charge in [0.1, 0.15) is 0 Å². The van der Waals surface area contributed by atoms with E-state index in [-0.39, 0.29) is 5.25 Å². The molecular formula is C9H14O2S. The first-order valence-electron chi connectivity index (χ1n) is 4.16. The Morgan fingerprint density at radius 3 is 2.42 bits per heavy atom. The van der Waals surface area contributed by atoms with Crippen LogP contribution in [0.3, 0.4) is 0 Å². The van der Waals surface area contributed by atoms with Gasteiger partial charge in [0.15, 0.2) is 9.84 Å². The van der Waals surface area contributed by atoms with Crippen LogP contribution in [0.15, 0.2) is 23.1 Å². The minimum Gasteiger partial charge on any atom is -0.223 e. The van der Waals surface area contributed by atoms with Gasteiger partial charge in [-0.05, 0) is 32.8 Å². The van der Waals surface area contributed by atoms with Crippen molar-refractivity contribution in [3.8, 4) is 0 Å². The number of hydrogen-bond donors (Lipinski definition) is 0. The molecule has 0 unspecified atom stereocenters. The van der Waals surface area contributed by atoms with Crippen LogP contribution in [0.5, 0.6) is 0 Å². The van der Waals surface area contributed by atoms with E-state index in [2.05, 4.69) is 0 Å². The van der Waals surface area contributed by atoms with Crippen molar-refractivity contribution in [2.24, 2.45) is 0 Å². The summed E-state index contributed by atoms with van der Waals surface area (Å²) >= 11 is 0. The van der Waals surface area contributed by atoms with Crippen LogP contribution in [0.2, 0.25) is 0 Å². The Kier molecular flexibility index (Phi) is 2.73. The van der Waals surface area contributed by atoms with Crippen LogP contribution >= 0.6 is 0 Å². The van der Waals surface area contributed by atoms with Crippen molar-refractivity contribution in [3.63, 3.8) is 0 Å². The number of allylic oxidation sites excluding steroid dienone is 3. The van der Waals surface area contributed by atoms with Gasteiger partial charge in [0.25, 0.3) is 0 Å². The van der Waals surface area contributed by atoms with Crippen molar-refractivity contribution >= 4 is 9.84 Å². The molecule has 0 heterocycles. The lowest BCUT2D eigenvalue weighted by molar-refractivity contribution is 0.594. The molecule has 0 aromatic rings. The molecule has 0 N–H and O–H groups in total. The lowest BCUT2D eigenvalue weighted by atomic mass is 10.2. The summed E-state index contributed by atoms with van der Waals surface area (Å²) in [5, 5.41) is -0.313. The van der Waals surface area contributed by atoms with Crippen molar-refractivity contribution in [1.29, 1.82) is 0 Å². The summed E-state index contributed by atoms with van der Waals surface area (Å²) in [5.41, 5.74) is 0. The zero-order valence-corrected chi connectivity index (χ0v) is 8.26. The highest BCUT2D eigenvalue weighted by Crippen LogP contribution is 2.19. The summed E-state index contributed by atoms with van der Waals surface area (Å²) in [5.74, 6) is 0. The minimum atomic E-state index is -3.03. The second-order valence-electron chi connectivity index (χ2n) is 3.18. The van der Waals surface area contributed by atoms with Crippen molar-refractivity contribution in [1.82, 2.24) is 0 Å². The van der Waals surface area contributed by atoms with Gasteiger partial charge in [0.05, 0.1) is 10.2 Å². The highest BCUT2D eigenvalue weighted by molar-refractivity contribution is 7.96. The Morgan fingerprint density at radius 1 is 1.33 bits per heavy atom. The third kappa shape index (κ3) is 1.78. The molecule has 0 saturated heterocycles. The van der Waals surface area contributed by atoms with E-state index < -0.39 is 9.84 Å². The van der Waals surface area contributed by atoms with Crippen LogP contribution in [0, 0.1) is 0 Å². The largest absolute Gasteiger partial charge is 0.223 e. The standard InChI is InChI=1S/C9H14O2S/c1-8(2)12(10,11)9-6-4-3-5-7-9/h4,6-8H,3,5H2,1-2H3. The van der Waals surface area contributed by atoms with Gasteiger partial charge in [-0.3, -0.25) is 0 Å². The van der Waals surface area contributed by atoms with E-state index >= 15 is 0 Å². The average Bonchev–Trinajstić information content (AvgIpc) is 2.06. The first-order valence-corrected chi connectivity index (χ1v) is 5.70. The molecule has 0 saturated carbocycles. The Bertz CT molecular complexity index is 307. The molecule has 68 valence electrons. The molecule has 0 radical (unpaired) electrons. The maximum absolute atomic E-state index is 11.6. The quantitative estimate of drug-likeness (QED) is 0.661. The average molecular weight is 186 g/mol. The summed E-state index contributed by atoms with van der Waals surface area (Å²) in [4.78, 5) is 0.490. The van der Waals surface area contributed by atoms with E-state index in [9.17, 15) is 8.42 Å². The van der Waals surface area contributed by atoms with Gasteiger partial charge >= 0.3 is 0 Å². The fourth-order valence-electron chi connectivity index (χ4n) is 1.07. The van der Waals surface area contributed by atoms with Crippen LogP contribution in [0.1, 0.15) is 26.7 Å². The highest BCUT2D eigenvalue weighted by Gasteiger charge is 2.20. The third-order valence-electron chi connectivity index (χ3n) is 1.91. The summed E-state index contributed by atoms with van der Waals surface area (Å²) in [6, 6.07) is 0. The molecule has 0 atom stereocenters. The Hall–Kier alpha value is -0.570. The molecule has 0 aromatic carbocycles. The van der Waals surface area contributed by atoms with Crippen LogP contribution in [0.25, 0.3) is 0 Å². The maximum Gasteiger partial charge on any atom is 0.180 e. The Balaban J connectivity index is 2.97. The fraction of sp³-hybridized carbons (Fsp3) is 0.556. The molecule has 1 aliphatic rings. The van der Waals surface area contributed by atoms with Crippen LogP contribution in [-0.2, 0) is 9.84 Å². The third-order valence-corrected chi connectivity index (χ3v) is 4.11. The SMILES string of the molecule is CC(C)S(=O)(=O)C1=CCCC=C1. The van der Waals surface area contributed by atoms with E-state index in [0.717, 1.165) is 12.8 Å². The van der Waals surface area contributed by atoms with Gasteiger partial charge in [0.2, 0.25) is 0 Å². The summed E-state index contributed by atoms with van der Waals surface area (Å²) in [6.07, 6.45) is 7.22. The van der Waals surface area contributed by atoms with Crippen molar-refractivity contribution in [2.75, 3.05) is 0 Å². The molecule has 2 nitrogen and oxygen atoms in total. The lowest BCUT2D eigenvalue weighted by Crippen LogP contribution is -2.15. The molecule has 0 bridgehead atoms. The van der Waals surface area contributed by atoms with Crippen LogP contribution in [0.4, 0.5) is 0 Å². The smallest absolute Gasteiger partial charge is 0.180 e. The van der Waals surface area contributed by atoms with E-state index in [1.54, 1.807) is 26.0 Å². The van der Waals surface area contributed by atoms with Crippen molar-refractivity contribution in [2.45, 2.75) is 31.9 Å². The summed E-state index contributed by atoms with van der Waals surface area (Å²) in [6.45, 7) is 3.41. The van der Waals surface area contributed by atoms with E-state index in [0.29, 0.717) is 4.91 Å². The molecule has 12 heavy (non-hydrogen) atoms. The summed E-state index contributed by atoms with van der Waals surface area (Å²) < 4.78 is 23.1. The molecule has 1 rings (SSSR count). The molecule has 0 amide bonds. The van der Waals surface area contributed by atoms with Gasteiger partial charge < -0.3 is 0 Å². The highest BCUT2D eigenvalue weighted by atomic mass is 32.2. The molecule has 0 fully saturated rings. The van der Waals surface area contributed by atoms with Crippen LogP contribution < -0.4 is 0 Å². The van der Waals surface area contributed by atoms with Crippen LogP contribution in [-0.4, -0.2) is 13.7 Å². The summed E-state index contributed by atoms with van der Waals surface area (Å²) in [7, 11) is -3.03. The zero-order valence-electron chi connectivity index (χ0n) is 7.45.